The monoisotopic (exact) mass is 220 g/mol. The SMILES string of the molecule is O=C(O)C1(c2cn3c(n2)CCCC3)CCC1. The van der Waals surface area contributed by atoms with Crippen LogP contribution in [0.5, 0.6) is 0 Å². The summed E-state index contributed by atoms with van der Waals surface area (Å²) in [5.74, 6) is 0.378. The number of rotatable bonds is 2. The molecule has 1 N–H and O–H groups in total. The van der Waals surface area contributed by atoms with Crippen molar-refractivity contribution in [3.05, 3.63) is 17.7 Å². The predicted octanol–water partition coefficient (Wildman–Crippen LogP) is 1.73. The summed E-state index contributed by atoms with van der Waals surface area (Å²) in [7, 11) is 0. The Kier molecular flexibility index (Phi) is 2.06. The zero-order valence-corrected chi connectivity index (χ0v) is 9.28. The van der Waals surface area contributed by atoms with Gasteiger partial charge in [0.15, 0.2) is 0 Å². The van der Waals surface area contributed by atoms with E-state index in [-0.39, 0.29) is 0 Å². The van der Waals surface area contributed by atoms with E-state index in [1.165, 1.54) is 12.8 Å². The normalized spacial score (nSPS) is 22.2. The summed E-state index contributed by atoms with van der Waals surface area (Å²) in [6.45, 7) is 0.998. The molecule has 86 valence electrons. The van der Waals surface area contributed by atoms with Crippen molar-refractivity contribution in [1.82, 2.24) is 9.55 Å². The highest BCUT2D eigenvalue weighted by molar-refractivity contribution is 5.81. The smallest absolute Gasteiger partial charge is 0.315 e. The van der Waals surface area contributed by atoms with E-state index in [9.17, 15) is 9.90 Å². The number of aryl methyl sites for hydroxylation is 2. The lowest BCUT2D eigenvalue weighted by atomic mass is 9.67. The van der Waals surface area contributed by atoms with E-state index in [1.54, 1.807) is 0 Å². The zero-order chi connectivity index (χ0) is 11.2. The summed E-state index contributed by atoms with van der Waals surface area (Å²) >= 11 is 0. The molecule has 1 aliphatic heterocycles. The Labute approximate surface area is 94.3 Å². The molecule has 4 heteroatoms. The molecule has 0 spiro atoms. The van der Waals surface area contributed by atoms with Gasteiger partial charge in [-0.3, -0.25) is 4.79 Å². The fourth-order valence-electron chi connectivity index (χ4n) is 2.75. The van der Waals surface area contributed by atoms with Gasteiger partial charge in [-0.2, -0.15) is 0 Å². The van der Waals surface area contributed by atoms with Crippen LogP contribution in [0.4, 0.5) is 0 Å². The van der Waals surface area contributed by atoms with Crippen LogP contribution in [0.1, 0.15) is 43.6 Å². The van der Waals surface area contributed by atoms with E-state index >= 15 is 0 Å². The van der Waals surface area contributed by atoms with Gasteiger partial charge in [-0.15, -0.1) is 0 Å². The first-order valence-corrected chi connectivity index (χ1v) is 6.02. The number of fused-ring (bicyclic) bond motifs is 1. The fraction of sp³-hybridized carbons (Fsp3) is 0.667. The molecule has 1 saturated carbocycles. The molecule has 3 rings (SSSR count). The van der Waals surface area contributed by atoms with Crippen molar-refractivity contribution in [3.8, 4) is 0 Å². The standard InChI is InChI=1S/C12H16N2O2/c15-11(16)12(5-3-6-12)9-8-14-7-2-1-4-10(14)13-9/h8H,1-7H2,(H,15,16). The Bertz CT molecular complexity index is 409. The second kappa shape index (κ2) is 3.34. The van der Waals surface area contributed by atoms with Gasteiger partial charge >= 0.3 is 5.97 Å². The third-order valence-corrected chi connectivity index (χ3v) is 4.02. The first kappa shape index (κ1) is 9.87. The lowest BCUT2D eigenvalue weighted by Crippen LogP contribution is -2.42. The van der Waals surface area contributed by atoms with Gasteiger partial charge in [-0.1, -0.05) is 6.42 Å². The molecule has 16 heavy (non-hydrogen) atoms. The van der Waals surface area contributed by atoms with Crippen LogP contribution >= 0.6 is 0 Å². The first-order valence-electron chi connectivity index (χ1n) is 6.02. The minimum atomic E-state index is -0.700. The average Bonchev–Trinajstić information content (AvgIpc) is 2.58. The van der Waals surface area contributed by atoms with Gasteiger partial charge in [-0.25, -0.2) is 4.98 Å². The van der Waals surface area contributed by atoms with Crippen molar-refractivity contribution in [2.75, 3.05) is 0 Å². The number of carboxylic acid groups (broad SMARTS) is 1. The number of carbonyl (C=O) groups is 1. The summed E-state index contributed by atoms with van der Waals surface area (Å²) in [4.78, 5) is 15.9. The zero-order valence-electron chi connectivity index (χ0n) is 9.28. The Morgan fingerprint density at radius 1 is 1.38 bits per heavy atom. The second-order valence-electron chi connectivity index (χ2n) is 4.93. The van der Waals surface area contributed by atoms with Crippen molar-refractivity contribution in [1.29, 1.82) is 0 Å². The highest BCUT2D eigenvalue weighted by atomic mass is 16.4. The summed E-state index contributed by atoms with van der Waals surface area (Å²) in [5.41, 5.74) is 0.132. The third kappa shape index (κ3) is 1.22. The van der Waals surface area contributed by atoms with E-state index in [4.69, 9.17) is 0 Å². The number of hydrogen-bond donors (Lipinski definition) is 1. The maximum Gasteiger partial charge on any atom is 0.315 e. The van der Waals surface area contributed by atoms with Gasteiger partial charge in [0.25, 0.3) is 0 Å². The molecular formula is C12H16N2O2. The molecule has 0 saturated heterocycles. The summed E-state index contributed by atoms with van der Waals surface area (Å²) in [6.07, 6.45) is 7.84. The largest absolute Gasteiger partial charge is 0.481 e. The van der Waals surface area contributed by atoms with Crippen LogP contribution in [0.2, 0.25) is 0 Å². The average molecular weight is 220 g/mol. The van der Waals surface area contributed by atoms with Crippen molar-refractivity contribution in [2.45, 2.75) is 50.5 Å². The highest BCUT2D eigenvalue weighted by Gasteiger charge is 2.48. The van der Waals surface area contributed by atoms with Crippen molar-refractivity contribution < 1.29 is 9.90 Å². The molecule has 1 fully saturated rings. The molecule has 0 aromatic carbocycles. The van der Waals surface area contributed by atoms with E-state index in [0.29, 0.717) is 0 Å². The Hall–Kier alpha value is -1.32. The maximum absolute atomic E-state index is 11.4. The maximum atomic E-state index is 11.4. The van der Waals surface area contributed by atoms with Gasteiger partial charge in [0.05, 0.1) is 5.69 Å². The molecule has 0 unspecified atom stereocenters. The number of imidazole rings is 1. The van der Waals surface area contributed by atoms with Crippen molar-refractivity contribution >= 4 is 5.97 Å². The molecule has 0 bridgehead atoms. The molecule has 0 amide bonds. The second-order valence-corrected chi connectivity index (χ2v) is 4.93. The van der Waals surface area contributed by atoms with Crippen LogP contribution in [0.3, 0.4) is 0 Å². The topological polar surface area (TPSA) is 55.1 Å². The van der Waals surface area contributed by atoms with Crippen LogP contribution in [0.15, 0.2) is 6.20 Å². The van der Waals surface area contributed by atoms with Crippen molar-refractivity contribution in [3.63, 3.8) is 0 Å². The van der Waals surface area contributed by atoms with Crippen LogP contribution in [-0.4, -0.2) is 20.6 Å². The van der Waals surface area contributed by atoms with Crippen LogP contribution < -0.4 is 0 Å². The molecular weight excluding hydrogens is 204 g/mol. The number of hydrogen-bond acceptors (Lipinski definition) is 2. The molecule has 1 aromatic heterocycles. The first-order chi connectivity index (χ1) is 7.72. The number of carboxylic acids is 1. The minimum Gasteiger partial charge on any atom is -0.481 e. The quantitative estimate of drug-likeness (QED) is 0.825. The van der Waals surface area contributed by atoms with Crippen LogP contribution in [0.25, 0.3) is 0 Å². The van der Waals surface area contributed by atoms with Crippen LogP contribution in [-0.2, 0) is 23.2 Å². The molecule has 1 aromatic rings. The Balaban J connectivity index is 1.99. The van der Waals surface area contributed by atoms with E-state index in [0.717, 1.165) is 43.7 Å². The van der Waals surface area contributed by atoms with Gasteiger partial charge in [0.2, 0.25) is 0 Å². The Morgan fingerprint density at radius 2 is 2.19 bits per heavy atom. The van der Waals surface area contributed by atoms with E-state index in [2.05, 4.69) is 9.55 Å². The van der Waals surface area contributed by atoms with Crippen LogP contribution in [0, 0.1) is 0 Å². The fourth-order valence-corrected chi connectivity index (χ4v) is 2.75. The predicted molar refractivity (Wildman–Crippen MR) is 58.3 cm³/mol. The molecule has 2 heterocycles. The van der Waals surface area contributed by atoms with E-state index in [1.807, 2.05) is 6.20 Å². The molecule has 0 radical (unpaired) electrons. The molecule has 0 atom stereocenters. The minimum absolute atomic E-state index is 0.662. The molecule has 1 aliphatic carbocycles. The van der Waals surface area contributed by atoms with Gasteiger partial charge < -0.3 is 9.67 Å². The Morgan fingerprint density at radius 3 is 2.75 bits per heavy atom. The third-order valence-electron chi connectivity index (χ3n) is 4.02. The van der Waals surface area contributed by atoms with E-state index < -0.39 is 11.4 Å². The van der Waals surface area contributed by atoms with Gasteiger partial charge in [0, 0.05) is 19.2 Å². The summed E-state index contributed by atoms with van der Waals surface area (Å²) in [5, 5.41) is 9.35. The van der Waals surface area contributed by atoms with Gasteiger partial charge in [-0.05, 0) is 25.7 Å². The number of aromatic nitrogens is 2. The molecule has 4 nitrogen and oxygen atoms in total. The number of aliphatic carboxylic acids is 1. The van der Waals surface area contributed by atoms with Crippen molar-refractivity contribution in [2.24, 2.45) is 0 Å². The summed E-state index contributed by atoms with van der Waals surface area (Å²) in [6, 6.07) is 0. The summed E-state index contributed by atoms with van der Waals surface area (Å²) < 4.78 is 2.14. The molecule has 2 aliphatic rings. The number of nitrogens with zero attached hydrogens (tertiary/aromatic N) is 2. The lowest BCUT2D eigenvalue weighted by molar-refractivity contribution is -0.147. The lowest BCUT2D eigenvalue weighted by Gasteiger charge is -2.35. The highest BCUT2D eigenvalue weighted by Crippen LogP contribution is 2.43. The van der Waals surface area contributed by atoms with Gasteiger partial charge in [0.1, 0.15) is 11.2 Å².